The summed E-state index contributed by atoms with van der Waals surface area (Å²) in [5.41, 5.74) is 0.836. The predicted molar refractivity (Wildman–Crippen MR) is 62.5 cm³/mol. The quantitative estimate of drug-likeness (QED) is 0.635. The highest BCUT2D eigenvalue weighted by molar-refractivity contribution is 5.78. The first-order chi connectivity index (χ1) is 8.16. The molecule has 0 saturated carbocycles. The Hall–Kier alpha value is -2.11. The maximum absolute atomic E-state index is 11.3. The van der Waals surface area contributed by atoms with Crippen molar-refractivity contribution in [1.29, 1.82) is 0 Å². The Morgan fingerprint density at radius 1 is 1.35 bits per heavy atom. The molecule has 0 aromatic heterocycles. The Kier molecular flexibility index (Phi) is 3.22. The molecule has 6 heteroatoms. The third kappa shape index (κ3) is 2.72. The lowest BCUT2D eigenvalue weighted by molar-refractivity contribution is -0.384. The number of carbonyl (C=O) groups is 1. The Bertz CT molecular complexity index is 430. The van der Waals surface area contributed by atoms with Gasteiger partial charge in [-0.05, 0) is 18.6 Å². The van der Waals surface area contributed by atoms with E-state index in [4.69, 9.17) is 0 Å². The number of nitrogens with zero attached hydrogens (tertiary/aromatic N) is 2. The Morgan fingerprint density at radius 3 is 2.59 bits per heavy atom. The van der Waals surface area contributed by atoms with Crippen LogP contribution in [0.15, 0.2) is 24.3 Å². The van der Waals surface area contributed by atoms with Crippen molar-refractivity contribution < 1.29 is 9.72 Å². The molecular formula is C11H13N3O3. The van der Waals surface area contributed by atoms with Gasteiger partial charge in [-0.15, -0.1) is 0 Å². The van der Waals surface area contributed by atoms with Gasteiger partial charge in [-0.3, -0.25) is 14.9 Å². The molecule has 0 spiro atoms. The van der Waals surface area contributed by atoms with E-state index in [9.17, 15) is 14.9 Å². The lowest BCUT2D eigenvalue weighted by atomic mass is 10.3. The second-order valence-electron chi connectivity index (χ2n) is 3.90. The summed E-state index contributed by atoms with van der Waals surface area (Å²) in [6.07, 6.45) is 1.52. The molecule has 0 radical (unpaired) electrons. The van der Waals surface area contributed by atoms with Gasteiger partial charge in [0.1, 0.15) is 0 Å². The molecule has 1 aromatic rings. The summed E-state index contributed by atoms with van der Waals surface area (Å²) in [5, 5.41) is 13.5. The first-order valence-electron chi connectivity index (χ1n) is 5.43. The van der Waals surface area contributed by atoms with Crippen molar-refractivity contribution in [3.05, 3.63) is 34.4 Å². The average Bonchev–Trinajstić information content (AvgIpc) is 2.73. The summed E-state index contributed by atoms with van der Waals surface area (Å²) in [7, 11) is 0. The minimum atomic E-state index is -0.437. The van der Waals surface area contributed by atoms with E-state index in [1.165, 1.54) is 12.1 Å². The molecule has 1 aromatic carbocycles. The van der Waals surface area contributed by atoms with Gasteiger partial charge in [0.2, 0.25) is 5.91 Å². The highest BCUT2D eigenvalue weighted by atomic mass is 16.6. The standard InChI is InChI=1S/C11H13N3O3/c15-11-2-1-7-13(11)8-12-9-3-5-10(6-4-9)14(16)17/h3-6,12H,1-2,7-8H2. The van der Waals surface area contributed by atoms with E-state index in [1.54, 1.807) is 17.0 Å². The molecular weight excluding hydrogens is 222 g/mol. The minimum Gasteiger partial charge on any atom is -0.368 e. The van der Waals surface area contributed by atoms with Crippen molar-refractivity contribution in [1.82, 2.24) is 4.90 Å². The van der Waals surface area contributed by atoms with Crippen molar-refractivity contribution in [2.45, 2.75) is 12.8 Å². The summed E-state index contributed by atoms with van der Waals surface area (Å²) in [4.78, 5) is 23.1. The van der Waals surface area contributed by atoms with Gasteiger partial charge in [0.05, 0.1) is 11.6 Å². The zero-order valence-electron chi connectivity index (χ0n) is 9.26. The van der Waals surface area contributed by atoms with Crippen LogP contribution >= 0.6 is 0 Å². The van der Waals surface area contributed by atoms with Crippen LogP contribution < -0.4 is 5.32 Å². The molecule has 6 nitrogen and oxygen atoms in total. The van der Waals surface area contributed by atoms with Gasteiger partial charge in [-0.25, -0.2) is 0 Å². The van der Waals surface area contributed by atoms with Crippen LogP contribution in [0, 0.1) is 10.1 Å². The lowest BCUT2D eigenvalue weighted by Crippen LogP contribution is -2.30. The van der Waals surface area contributed by atoms with Crippen molar-refractivity contribution >= 4 is 17.3 Å². The van der Waals surface area contributed by atoms with Gasteiger partial charge in [0.15, 0.2) is 0 Å². The first-order valence-corrected chi connectivity index (χ1v) is 5.43. The molecule has 1 fully saturated rings. The van der Waals surface area contributed by atoms with Crippen LogP contribution in [0.2, 0.25) is 0 Å². The van der Waals surface area contributed by atoms with E-state index in [2.05, 4.69) is 5.32 Å². The number of amides is 1. The first kappa shape index (κ1) is 11.4. The van der Waals surface area contributed by atoms with Crippen LogP contribution in [-0.4, -0.2) is 28.9 Å². The maximum Gasteiger partial charge on any atom is 0.269 e. The van der Waals surface area contributed by atoms with E-state index in [1.807, 2.05) is 0 Å². The third-order valence-corrected chi connectivity index (χ3v) is 2.72. The van der Waals surface area contributed by atoms with E-state index in [-0.39, 0.29) is 11.6 Å². The lowest BCUT2D eigenvalue weighted by Gasteiger charge is -2.16. The third-order valence-electron chi connectivity index (χ3n) is 2.72. The molecule has 1 heterocycles. The van der Waals surface area contributed by atoms with Crippen LogP contribution in [-0.2, 0) is 4.79 Å². The van der Waals surface area contributed by atoms with Gasteiger partial charge in [-0.1, -0.05) is 0 Å². The minimum absolute atomic E-state index is 0.0628. The summed E-state index contributed by atoms with van der Waals surface area (Å²) in [5.74, 6) is 0.152. The second kappa shape index (κ2) is 4.82. The largest absolute Gasteiger partial charge is 0.368 e. The topological polar surface area (TPSA) is 75.5 Å². The fraction of sp³-hybridized carbons (Fsp3) is 0.364. The highest BCUT2D eigenvalue weighted by Gasteiger charge is 2.19. The van der Waals surface area contributed by atoms with Crippen LogP contribution in [0.4, 0.5) is 11.4 Å². The number of nitro groups is 1. The van der Waals surface area contributed by atoms with E-state index < -0.39 is 4.92 Å². The molecule has 90 valence electrons. The van der Waals surface area contributed by atoms with Crippen molar-refractivity contribution in [2.24, 2.45) is 0 Å². The SMILES string of the molecule is O=C1CCCN1CNc1ccc([N+](=O)[O-])cc1. The molecule has 0 atom stereocenters. The number of non-ortho nitro benzene ring substituents is 1. The number of likely N-dealkylation sites (tertiary alicyclic amines) is 1. The number of benzene rings is 1. The summed E-state index contributed by atoms with van der Waals surface area (Å²) >= 11 is 0. The molecule has 1 aliphatic heterocycles. The molecule has 17 heavy (non-hydrogen) atoms. The molecule has 0 aliphatic carbocycles. The Labute approximate surface area is 98.4 Å². The predicted octanol–water partition coefficient (Wildman–Crippen LogP) is 1.59. The smallest absolute Gasteiger partial charge is 0.269 e. The summed E-state index contributed by atoms with van der Waals surface area (Å²) in [6, 6.07) is 6.15. The molecule has 1 saturated heterocycles. The van der Waals surface area contributed by atoms with Gasteiger partial charge in [0, 0.05) is 30.8 Å². The van der Waals surface area contributed by atoms with Crippen LogP contribution in [0.3, 0.4) is 0 Å². The number of hydrogen-bond donors (Lipinski definition) is 1. The van der Waals surface area contributed by atoms with Gasteiger partial charge < -0.3 is 10.2 Å². The number of rotatable bonds is 4. The van der Waals surface area contributed by atoms with E-state index in [0.29, 0.717) is 13.1 Å². The monoisotopic (exact) mass is 235 g/mol. The van der Waals surface area contributed by atoms with E-state index >= 15 is 0 Å². The molecule has 0 unspecified atom stereocenters. The van der Waals surface area contributed by atoms with Crippen LogP contribution in [0.1, 0.15) is 12.8 Å². The maximum atomic E-state index is 11.3. The van der Waals surface area contributed by atoms with Crippen molar-refractivity contribution in [3.8, 4) is 0 Å². The number of nitro benzene ring substituents is 1. The second-order valence-corrected chi connectivity index (χ2v) is 3.90. The number of nitrogens with one attached hydrogen (secondary N) is 1. The van der Waals surface area contributed by atoms with Gasteiger partial charge >= 0.3 is 0 Å². The fourth-order valence-corrected chi connectivity index (χ4v) is 1.76. The molecule has 0 bridgehead atoms. The number of carbonyl (C=O) groups excluding carboxylic acids is 1. The molecule has 1 aliphatic rings. The van der Waals surface area contributed by atoms with Crippen molar-refractivity contribution in [2.75, 3.05) is 18.5 Å². The summed E-state index contributed by atoms with van der Waals surface area (Å²) in [6.45, 7) is 1.23. The molecule has 2 rings (SSSR count). The van der Waals surface area contributed by atoms with Crippen LogP contribution in [0.5, 0.6) is 0 Å². The number of anilines is 1. The molecule has 1 amide bonds. The normalized spacial score (nSPS) is 15.1. The van der Waals surface area contributed by atoms with E-state index in [0.717, 1.165) is 18.7 Å². The number of hydrogen-bond acceptors (Lipinski definition) is 4. The Balaban J connectivity index is 1.91. The van der Waals surface area contributed by atoms with Crippen LogP contribution in [0.25, 0.3) is 0 Å². The average molecular weight is 235 g/mol. The van der Waals surface area contributed by atoms with Crippen molar-refractivity contribution in [3.63, 3.8) is 0 Å². The van der Waals surface area contributed by atoms with Gasteiger partial charge in [0.25, 0.3) is 5.69 Å². The highest BCUT2D eigenvalue weighted by Crippen LogP contribution is 2.16. The molecule has 1 N–H and O–H groups in total. The zero-order chi connectivity index (χ0) is 12.3. The Morgan fingerprint density at radius 2 is 2.06 bits per heavy atom. The summed E-state index contributed by atoms with van der Waals surface area (Å²) < 4.78 is 0. The fourth-order valence-electron chi connectivity index (χ4n) is 1.76. The van der Waals surface area contributed by atoms with Gasteiger partial charge in [-0.2, -0.15) is 0 Å². The zero-order valence-corrected chi connectivity index (χ0v) is 9.26.